The second-order valence-electron chi connectivity index (χ2n) is 6.21. The third-order valence-corrected chi connectivity index (χ3v) is 6.36. The van der Waals surface area contributed by atoms with Gasteiger partial charge in [-0.1, -0.05) is 18.2 Å². The van der Waals surface area contributed by atoms with Crippen molar-refractivity contribution in [3.05, 3.63) is 46.3 Å². The van der Waals surface area contributed by atoms with Gasteiger partial charge in [0.1, 0.15) is 11.5 Å². The highest BCUT2D eigenvalue weighted by Crippen LogP contribution is 2.35. The van der Waals surface area contributed by atoms with Crippen LogP contribution in [0.5, 0.6) is 0 Å². The third-order valence-electron chi connectivity index (χ3n) is 4.20. The number of hydrogen-bond acceptors (Lipinski definition) is 5. The molecule has 0 fully saturated rings. The van der Waals surface area contributed by atoms with Gasteiger partial charge in [0.05, 0.1) is 36.4 Å². The number of quaternary nitrogens is 1. The molecule has 1 aromatic heterocycles. The molecule has 0 spiro atoms. The molecule has 0 aliphatic carbocycles. The number of carbonyl (C=O) groups excluding carboxylic acids is 2. The molecule has 0 bridgehead atoms. The SMILES string of the molecule is CCOC(=O)c1c(NC(=O)CSc2ccccc2)sc2c1CC[NH+](C)C2. The predicted octanol–water partition coefficient (Wildman–Crippen LogP) is 2.23. The largest absolute Gasteiger partial charge is 0.462 e. The summed E-state index contributed by atoms with van der Waals surface area (Å²) in [5.41, 5.74) is 1.60. The van der Waals surface area contributed by atoms with Gasteiger partial charge in [0.25, 0.3) is 0 Å². The van der Waals surface area contributed by atoms with E-state index >= 15 is 0 Å². The number of thioether (sulfide) groups is 1. The number of hydrogen-bond donors (Lipinski definition) is 2. The van der Waals surface area contributed by atoms with Gasteiger partial charge >= 0.3 is 5.97 Å². The molecule has 3 rings (SSSR count). The van der Waals surface area contributed by atoms with E-state index in [9.17, 15) is 9.59 Å². The Hall–Kier alpha value is -1.83. The van der Waals surface area contributed by atoms with Crippen LogP contribution >= 0.6 is 23.1 Å². The van der Waals surface area contributed by atoms with Crippen LogP contribution in [0.25, 0.3) is 0 Å². The predicted molar refractivity (Wildman–Crippen MR) is 105 cm³/mol. The molecule has 0 saturated heterocycles. The minimum absolute atomic E-state index is 0.108. The van der Waals surface area contributed by atoms with Gasteiger partial charge in [-0.3, -0.25) is 4.79 Å². The zero-order valence-electron chi connectivity index (χ0n) is 15.0. The first-order chi connectivity index (χ1) is 12.6. The number of ether oxygens (including phenoxy) is 1. The number of thiophene rings is 1. The zero-order chi connectivity index (χ0) is 18.5. The monoisotopic (exact) mass is 391 g/mol. The van der Waals surface area contributed by atoms with Crippen molar-refractivity contribution >= 4 is 40.0 Å². The maximum absolute atomic E-state index is 12.5. The third kappa shape index (κ3) is 4.47. The number of rotatable bonds is 6. The van der Waals surface area contributed by atoms with Gasteiger partial charge in [-0.15, -0.1) is 23.1 Å². The van der Waals surface area contributed by atoms with Crippen molar-refractivity contribution in [2.75, 3.05) is 31.3 Å². The van der Waals surface area contributed by atoms with E-state index in [-0.39, 0.29) is 11.9 Å². The van der Waals surface area contributed by atoms with Gasteiger partial charge in [-0.2, -0.15) is 0 Å². The minimum atomic E-state index is -0.337. The molecule has 5 nitrogen and oxygen atoms in total. The zero-order valence-corrected chi connectivity index (χ0v) is 16.6. The van der Waals surface area contributed by atoms with Crippen molar-refractivity contribution in [3.8, 4) is 0 Å². The van der Waals surface area contributed by atoms with Crippen molar-refractivity contribution in [2.45, 2.75) is 24.8 Å². The summed E-state index contributed by atoms with van der Waals surface area (Å²) >= 11 is 2.99. The molecule has 2 N–H and O–H groups in total. The molecule has 1 unspecified atom stereocenters. The molecule has 1 aliphatic rings. The summed E-state index contributed by atoms with van der Waals surface area (Å²) in [4.78, 5) is 28.5. The lowest BCUT2D eigenvalue weighted by Crippen LogP contribution is -3.08. The van der Waals surface area contributed by atoms with Crippen molar-refractivity contribution < 1.29 is 19.2 Å². The maximum atomic E-state index is 12.5. The Balaban J connectivity index is 1.75. The maximum Gasteiger partial charge on any atom is 0.341 e. The number of carbonyl (C=O) groups is 2. The number of amides is 1. The average Bonchev–Trinajstić information content (AvgIpc) is 2.98. The highest BCUT2D eigenvalue weighted by atomic mass is 32.2. The first-order valence-electron chi connectivity index (χ1n) is 8.69. The van der Waals surface area contributed by atoms with Gasteiger partial charge < -0.3 is 15.0 Å². The van der Waals surface area contributed by atoms with Crippen molar-refractivity contribution in [1.29, 1.82) is 0 Å². The Morgan fingerprint density at radius 3 is 2.81 bits per heavy atom. The molecule has 138 valence electrons. The summed E-state index contributed by atoms with van der Waals surface area (Å²) < 4.78 is 5.24. The van der Waals surface area contributed by atoms with Gasteiger partial charge in [-0.05, 0) is 24.6 Å². The topological polar surface area (TPSA) is 59.8 Å². The normalized spacial score (nSPS) is 16.0. The Morgan fingerprint density at radius 1 is 1.31 bits per heavy atom. The number of esters is 1. The quantitative estimate of drug-likeness (QED) is 0.586. The summed E-state index contributed by atoms with van der Waals surface area (Å²) in [5.74, 6) is -0.140. The average molecular weight is 392 g/mol. The number of fused-ring (bicyclic) bond motifs is 1. The molecular weight excluding hydrogens is 368 g/mol. The molecule has 0 saturated carbocycles. The van der Waals surface area contributed by atoms with E-state index in [1.165, 1.54) is 32.9 Å². The van der Waals surface area contributed by atoms with Gasteiger partial charge in [0.2, 0.25) is 5.91 Å². The minimum Gasteiger partial charge on any atom is -0.462 e. The van der Waals surface area contributed by atoms with Crippen LogP contribution < -0.4 is 10.2 Å². The summed E-state index contributed by atoms with van der Waals surface area (Å²) in [6.07, 6.45) is 0.834. The highest BCUT2D eigenvalue weighted by molar-refractivity contribution is 8.00. The summed E-state index contributed by atoms with van der Waals surface area (Å²) in [6.45, 7) is 3.98. The highest BCUT2D eigenvalue weighted by Gasteiger charge is 2.30. The van der Waals surface area contributed by atoms with Crippen LogP contribution in [0.2, 0.25) is 0 Å². The molecule has 1 amide bonds. The van der Waals surface area contributed by atoms with E-state index in [4.69, 9.17) is 4.74 Å². The van der Waals surface area contributed by atoms with Gasteiger partial charge in [0.15, 0.2) is 0 Å². The lowest BCUT2D eigenvalue weighted by atomic mass is 10.0. The Bertz CT molecular complexity index is 790. The van der Waals surface area contributed by atoms with Crippen LogP contribution in [0.15, 0.2) is 35.2 Å². The molecule has 0 radical (unpaired) electrons. The Morgan fingerprint density at radius 2 is 2.08 bits per heavy atom. The second kappa shape index (κ2) is 8.70. The van der Waals surface area contributed by atoms with Gasteiger partial charge in [-0.25, -0.2) is 4.79 Å². The fourth-order valence-electron chi connectivity index (χ4n) is 2.96. The van der Waals surface area contributed by atoms with Crippen LogP contribution in [0.3, 0.4) is 0 Å². The summed E-state index contributed by atoms with van der Waals surface area (Å²) in [6, 6.07) is 9.80. The van der Waals surface area contributed by atoms with Crippen molar-refractivity contribution in [3.63, 3.8) is 0 Å². The molecular formula is C19H23N2O3S2+. The molecule has 1 atom stereocenters. The second-order valence-corrected chi connectivity index (χ2v) is 8.37. The van der Waals surface area contributed by atoms with Crippen LogP contribution in [-0.2, 0) is 22.5 Å². The van der Waals surface area contributed by atoms with E-state index < -0.39 is 0 Å². The molecule has 7 heteroatoms. The molecule has 1 aromatic carbocycles. The fraction of sp³-hybridized carbons (Fsp3) is 0.368. The van der Waals surface area contributed by atoms with E-state index in [1.807, 2.05) is 30.3 Å². The molecule has 2 heterocycles. The fourth-order valence-corrected chi connectivity index (χ4v) is 5.04. The Kier molecular flexibility index (Phi) is 6.34. The molecule has 2 aromatic rings. The van der Waals surface area contributed by atoms with Crippen molar-refractivity contribution in [2.24, 2.45) is 0 Å². The number of likely N-dealkylation sites (N-methyl/N-ethyl adjacent to an activating group) is 1. The van der Waals surface area contributed by atoms with Crippen LogP contribution in [-0.4, -0.2) is 37.8 Å². The molecule has 1 aliphatic heterocycles. The standard InChI is InChI=1S/C19H22N2O3S2/c1-3-24-19(23)17-14-9-10-21(2)11-15(14)26-18(17)20-16(22)12-25-13-7-5-4-6-8-13/h4-8H,3,9-12H2,1-2H3,(H,20,22)/p+1. The van der Waals surface area contributed by atoms with Crippen LogP contribution in [0.1, 0.15) is 27.7 Å². The Labute approximate surface area is 161 Å². The van der Waals surface area contributed by atoms with Crippen LogP contribution in [0.4, 0.5) is 5.00 Å². The smallest absolute Gasteiger partial charge is 0.341 e. The van der Waals surface area contributed by atoms with Gasteiger partial charge in [0, 0.05) is 11.3 Å². The molecule has 26 heavy (non-hydrogen) atoms. The first-order valence-corrected chi connectivity index (χ1v) is 10.5. The van der Waals surface area contributed by atoms with Crippen molar-refractivity contribution in [1.82, 2.24) is 0 Å². The van der Waals surface area contributed by atoms with E-state index in [0.717, 1.165) is 30.0 Å². The number of nitrogens with one attached hydrogen (secondary N) is 2. The summed E-state index contributed by atoms with van der Waals surface area (Å²) in [5, 5.41) is 3.57. The van der Waals surface area contributed by atoms with Crippen LogP contribution in [0, 0.1) is 0 Å². The van der Waals surface area contributed by atoms with E-state index in [0.29, 0.717) is 22.9 Å². The van der Waals surface area contributed by atoms with E-state index in [2.05, 4.69) is 12.4 Å². The first kappa shape index (κ1) is 18.9. The van der Waals surface area contributed by atoms with E-state index in [1.54, 1.807) is 6.92 Å². The summed E-state index contributed by atoms with van der Waals surface area (Å²) in [7, 11) is 2.14. The number of benzene rings is 1. The number of anilines is 1. The lowest BCUT2D eigenvalue weighted by Gasteiger charge is -2.19. The lowest BCUT2D eigenvalue weighted by molar-refractivity contribution is -0.895.